The number of ether oxygens (including phenoxy) is 4. The SMILES string of the molecule is CCCCCCC/C=C\C/C=C\CCCCCCCCCCCCCCCCCCCCCCCCCC(=O)NC(COC1OC(CO)C(OC2OC(CO)C(O)C(O)C2O)C(O)C1O)C(O)/C=C/CC/C=C/CCCCCCCCCCCCCCCCCCCCCCCCCCCCC. The normalized spacial score (nSPS) is 21.8. The Morgan fingerprint density at radius 3 is 1.02 bits per heavy atom. The molecule has 2 aliphatic rings. The summed E-state index contributed by atoms with van der Waals surface area (Å²) in [6.07, 6.45) is 80.9. The topological polar surface area (TPSA) is 228 Å². The van der Waals surface area contributed by atoms with Crippen LogP contribution in [0.4, 0.5) is 0 Å². The molecule has 0 bridgehead atoms. The fraction of sp³-hybridized carbons (Fsp3) is 0.898. The van der Waals surface area contributed by atoms with E-state index in [1.54, 1.807) is 6.08 Å². The summed E-state index contributed by atoms with van der Waals surface area (Å²) in [7, 11) is 0. The maximum atomic E-state index is 13.4. The molecule has 9 N–H and O–H groups in total. The molecule has 12 atom stereocenters. The lowest BCUT2D eigenvalue weighted by atomic mass is 9.97. The molecular weight excluding hydrogens is 1280 g/mol. The Kier molecular flexibility index (Phi) is 67.6. The van der Waals surface area contributed by atoms with Crippen molar-refractivity contribution < 1.29 is 64.6 Å². The number of nitrogens with one attached hydrogen (secondary N) is 1. The van der Waals surface area contributed by atoms with Gasteiger partial charge in [0, 0.05) is 6.42 Å². The summed E-state index contributed by atoms with van der Waals surface area (Å²) in [5.41, 5.74) is 0. The van der Waals surface area contributed by atoms with Gasteiger partial charge in [-0.1, -0.05) is 390 Å². The first kappa shape index (κ1) is 96.0. The van der Waals surface area contributed by atoms with Crippen molar-refractivity contribution in [2.24, 2.45) is 0 Å². The van der Waals surface area contributed by atoms with Crippen LogP contribution in [0.3, 0.4) is 0 Å². The molecule has 1 amide bonds. The number of unbranched alkanes of at least 4 members (excludes halogenated alkanes) is 56. The smallest absolute Gasteiger partial charge is 0.220 e. The molecule has 0 aromatic heterocycles. The van der Waals surface area contributed by atoms with Gasteiger partial charge >= 0.3 is 0 Å². The van der Waals surface area contributed by atoms with E-state index in [2.05, 4.69) is 55.6 Å². The van der Waals surface area contributed by atoms with E-state index >= 15 is 0 Å². The van der Waals surface area contributed by atoms with Crippen molar-refractivity contribution in [1.29, 1.82) is 0 Å². The molecule has 0 aromatic carbocycles. The summed E-state index contributed by atoms with van der Waals surface area (Å²) in [4.78, 5) is 13.4. The van der Waals surface area contributed by atoms with Gasteiger partial charge in [0.2, 0.25) is 5.91 Å². The third-order valence-corrected chi connectivity index (χ3v) is 21.5. The highest BCUT2D eigenvalue weighted by atomic mass is 16.7. The molecule has 0 radical (unpaired) electrons. The molecule has 600 valence electrons. The van der Waals surface area contributed by atoms with Gasteiger partial charge in [-0.05, 0) is 64.2 Å². The van der Waals surface area contributed by atoms with Crippen molar-refractivity contribution in [3.05, 3.63) is 48.6 Å². The van der Waals surface area contributed by atoms with Crippen molar-refractivity contribution in [1.82, 2.24) is 5.32 Å². The van der Waals surface area contributed by atoms with Crippen LogP contribution in [0.25, 0.3) is 0 Å². The Hall–Kier alpha value is -2.05. The molecule has 2 aliphatic heterocycles. The zero-order valence-electron chi connectivity index (χ0n) is 66.1. The minimum absolute atomic E-state index is 0.241. The van der Waals surface area contributed by atoms with Gasteiger partial charge in [-0.25, -0.2) is 0 Å². The second-order valence-corrected chi connectivity index (χ2v) is 31.0. The zero-order valence-corrected chi connectivity index (χ0v) is 66.1. The Balaban J connectivity index is 1.59. The molecule has 102 heavy (non-hydrogen) atoms. The van der Waals surface area contributed by atoms with E-state index in [-0.39, 0.29) is 18.9 Å². The lowest BCUT2D eigenvalue weighted by Crippen LogP contribution is -2.65. The van der Waals surface area contributed by atoms with Crippen molar-refractivity contribution in [2.45, 2.75) is 485 Å². The number of aliphatic hydroxyl groups is 8. The quantitative estimate of drug-likeness (QED) is 0.0204. The molecule has 2 fully saturated rings. The number of carbonyl (C=O) groups is 1. The van der Waals surface area contributed by atoms with E-state index in [1.807, 2.05) is 6.08 Å². The van der Waals surface area contributed by atoms with Crippen LogP contribution >= 0.6 is 0 Å². The monoisotopic (exact) mass is 1440 g/mol. The van der Waals surface area contributed by atoms with Crippen LogP contribution in [-0.2, 0) is 23.7 Å². The van der Waals surface area contributed by atoms with Crippen LogP contribution in [0, 0.1) is 0 Å². The van der Waals surface area contributed by atoms with E-state index in [4.69, 9.17) is 18.9 Å². The van der Waals surface area contributed by atoms with Gasteiger partial charge in [0.05, 0.1) is 32.0 Å². The molecule has 0 spiro atoms. The van der Waals surface area contributed by atoms with E-state index in [9.17, 15) is 45.6 Å². The van der Waals surface area contributed by atoms with Crippen LogP contribution in [0.1, 0.15) is 412 Å². The number of rotatable bonds is 75. The van der Waals surface area contributed by atoms with Gasteiger partial charge in [-0.3, -0.25) is 4.79 Å². The largest absolute Gasteiger partial charge is 0.394 e. The molecule has 14 heteroatoms. The first-order valence-corrected chi connectivity index (χ1v) is 43.9. The van der Waals surface area contributed by atoms with Gasteiger partial charge in [0.15, 0.2) is 12.6 Å². The third kappa shape index (κ3) is 53.7. The number of allylic oxidation sites excluding steroid dienone is 7. The van der Waals surface area contributed by atoms with Crippen LogP contribution in [0.15, 0.2) is 48.6 Å². The lowest BCUT2D eigenvalue weighted by molar-refractivity contribution is -0.359. The summed E-state index contributed by atoms with van der Waals surface area (Å²) in [6.45, 7) is 2.84. The summed E-state index contributed by atoms with van der Waals surface area (Å²) < 4.78 is 22.9. The van der Waals surface area contributed by atoms with E-state index < -0.39 is 86.8 Å². The van der Waals surface area contributed by atoms with Crippen LogP contribution in [0.5, 0.6) is 0 Å². The Morgan fingerprint density at radius 1 is 0.353 bits per heavy atom. The summed E-state index contributed by atoms with van der Waals surface area (Å²) in [5.74, 6) is -0.241. The van der Waals surface area contributed by atoms with Crippen molar-refractivity contribution in [3.8, 4) is 0 Å². The molecule has 0 aliphatic carbocycles. The van der Waals surface area contributed by atoms with E-state index in [1.165, 1.54) is 340 Å². The Labute approximate surface area is 626 Å². The Bertz CT molecular complexity index is 1900. The molecule has 2 rings (SSSR count). The average Bonchev–Trinajstić information content (AvgIpc) is 0.790. The van der Waals surface area contributed by atoms with Gasteiger partial charge in [0.25, 0.3) is 0 Å². The fourth-order valence-electron chi connectivity index (χ4n) is 14.6. The molecule has 2 saturated heterocycles. The van der Waals surface area contributed by atoms with Gasteiger partial charge < -0.3 is 65.1 Å². The third-order valence-electron chi connectivity index (χ3n) is 21.5. The number of carbonyl (C=O) groups excluding carboxylic acids is 1. The Morgan fingerprint density at radius 2 is 0.657 bits per heavy atom. The average molecular weight is 1450 g/mol. The van der Waals surface area contributed by atoms with Crippen molar-refractivity contribution in [3.63, 3.8) is 0 Å². The summed E-state index contributed by atoms with van der Waals surface area (Å²) in [6, 6.07) is -0.933. The lowest BCUT2D eigenvalue weighted by Gasteiger charge is -2.46. The highest BCUT2D eigenvalue weighted by Gasteiger charge is 2.51. The number of hydrogen-bond acceptors (Lipinski definition) is 13. The molecular formula is C88H165NO13. The highest BCUT2D eigenvalue weighted by molar-refractivity contribution is 5.76. The van der Waals surface area contributed by atoms with E-state index in [0.717, 1.165) is 38.5 Å². The van der Waals surface area contributed by atoms with Gasteiger partial charge in [0.1, 0.15) is 48.8 Å². The predicted octanol–water partition coefficient (Wildman–Crippen LogP) is 20.9. The molecule has 2 heterocycles. The molecule has 0 saturated carbocycles. The van der Waals surface area contributed by atoms with Crippen molar-refractivity contribution in [2.75, 3.05) is 19.8 Å². The minimum atomic E-state index is -1.79. The zero-order chi connectivity index (χ0) is 73.7. The van der Waals surface area contributed by atoms with E-state index in [0.29, 0.717) is 12.8 Å². The summed E-state index contributed by atoms with van der Waals surface area (Å²) >= 11 is 0. The predicted molar refractivity (Wildman–Crippen MR) is 424 cm³/mol. The minimum Gasteiger partial charge on any atom is -0.394 e. The number of aliphatic hydroxyl groups excluding tert-OH is 8. The number of amides is 1. The van der Waals surface area contributed by atoms with Gasteiger partial charge in [-0.15, -0.1) is 0 Å². The first-order chi connectivity index (χ1) is 50.1. The molecule has 12 unspecified atom stereocenters. The van der Waals surface area contributed by atoms with Crippen LogP contribution < -0.4 is 5.32 Å². The number of hydrogen-bond donors (Lipinski definition) is 9. The maximum Gasteiger partial charge on any atom is 0.220 e. The summed E-state index contributed by atoms with van der Waals surface area (Å²) in [5, 5.41) is 87.8. The van der Waals surface area contributed by atoms with Crippen molar-refractivity contribution >= 4 is 5.91 Å². The van der Waals surface area contributed by atoms with Crippen LogP contribution in [0.2, 0.25) is 0 Å². The second kappa shape index (κ2) is 71.8. The highest BCUT2D eigenvalue weighted by Crippen LogP contribution is 2.31. The maximum absolute atomic E-state index is 13.4. The molecule has 14 nitrogen and oxygen atoms in total. The fourth-order valence-corrected chi connectivity index (χ4v) is 14.6. The second-order valence-electron chi connectivity index (χ2n) is 31.0. The standard InChI is InChI=1S/C88H165NO13/c1-3-5-7-9-11-13-15-17-19-21-23-25-27-29-31-33-35-37-38-40-42-44-46-48-50-52-54-56-58-60-62-64-66-68-70-72-80(93)89-76(75-99-87-85(98)83(96)86(79(74-91)101-87)102-88-84(97)82(95)81(94)78(73-90)100-88)77(92)71-69-67-65-63-61-59-57-55-53-51-49-47-45-43-41-39-36-34-32-30-28-26-24-22-20-18-16-14-12-10-8-6-4-2/h15,17,21,23,61,63,69,71,76-79,81-88,90-92,94-98H,3-14,16,18-20,22,24-60,62,64-68,70,72-75H2,1-2H3,(H,89,93)/b17-15-,23-21-,63-61+,71-69+. The first-order valence-electron chi connectivity index (χ1n) is 43.9. The van der Waals surface area contributed by atoms with Gasteiger partial charge in [-0.2, -0.15) is 0 Å². The van der Waals surface area contributed by atoms with Crippen LogP contribution in [-0.4, -0.2) is 140 Å². The molecule has 0 aromatic rings.